The minimum absolute atomic E-state index is 0.0768. The average molecular weight is 241 g/mol. The molecule has 3 aliphatic rings. The summed E-state index contributed by atoms with van der Waals surface area (Å²) in [6, 6.07) is 0. The first-order chi connectivity index (χ1) is 8.83. The summed E-state index contributed by atoms with van der Waals surface area (Å²) >= 11 is 0. The van der Waals surface area contributed by atoms with Crippen LogP contribution in [0.3, 0.4) is 0 Å². The van der Waals surface area contributed by atoms with E-state index in [-0.39, 0.29) is 11.8 Å². The zero-order valence-electron chi connectivity index (χ0n) is 10.6. The number of aliphatic imine (C=N–C) groups is 1. The van der Waals surface area contributed by atoms with Crippen molar-refractivity contribution in [3.05, 3.63) is 36.0 Å². The Bertz CT molecular complexity index is 461. The number of amides is 1. The van der Waals surface area contributed by atoms with Crippen LogP contribution in [-0.4, -0.2) is 11.6 Å². The highest BCUT2D eigenvalue weighted by molar-refractivity contribution is 6.12. The SMILES string of the molecule is O=C1C=C(CC2CCCCC2)C2C=CC=CC2=N1. The lowest BCUT2D eigenvalue weighted by atomic mass is 9.78. The number of carbonyl (C=O) groups excluding carboxylic acids is 1. The van der Waals surface area contributed by atoms with Crippen LogP contribution in [0.1, 0.15) is 38.5 Å². The van der Waals surface area contributed by atoms with Gasteiger partial charge in [0.15, 0.2) is 0 Å². The Morgan fingerprint density at radius 2 is 2.00 bits per heavy atom. The predicted octanol–water partition coefficient (Wildman–Crippen LogP) is 3.61. The van der Waals surface area contributed by atoms with Gasteiger partial charge in [-0.15, -0.1) is 0 Å². The number of dihydropyridines is 1. The van der Waals surface area contributed by atoms with Gasteiger partial charge >= 0.3 is 0 Å². The van der Waals surface area contributed by atoms with E-state index >= 15 is 0 Å². The van der Waals surface area contributed by atoms with Crippen LogP contribution in [0.2, 0.25) is 0 Å². The summed E-state index contributed by atoms with van der Waals surface area (Å²) in [6.45, 7) is 0. The summed E-state index contributed by atoms with van der Waals surface area (Å²) in [7, 11) is 0. The molecule has 0 radical (unpaired) electrons. The van der Waals surface area contributed by atoms with Crippen molar-refractivity contribution in [1.82, 2.24) is 0 Å². The van der Waals surface area contributed by atoms with Gasteiger partial charge in [0, 0.05) is 12.0 Å². The van der Waals surface area contributed by atoms with E-state index < -0.39 is 0 Å². The van der Waals surface area contributed by atoms with Crippen LogP contribution >= 0.6 is 0 Å². The molecule has 1 unspecified atom stereocenters. The van der Waals surface area contributed by atoms with Gasteiger partial charge in [0.1, 0.15) is 0 Å². The smallest absolute Gasteiger partial charge is 0.267 e. The van der Waals surface area contributed by atoms with E-state index in [2.05, 4.69) is 17.1 Å². The van der Waals surface area contributed by atoms with Gasteiger partial charge in [-0.1, -0.05) is 55.9 Å². The molecule has 0 saturated heterocycles. The van der Waals surface area contributed by atoms with Crippen molar-refractivity contribution in [2.24, 2.45) is 16.8 Å². The topological polar surface area (TPSA) is 29.4 Å². The Morgan fingerprint density at radius 3 is 2.83 bits per heavy atom. The molecule has 1 fully saturated rings. The van der Waals surface area contributed by atoms with Crippen molar-refractivity contribution in [3.63, 3.8) is 0 Å². The monoisotopic (exact) mass is 241 g/mol. The van der Waals surface area contributed by atoms with Gasteiger partial charge < -0.3 is 0 Å². The maximum atomic E-state index is 11.6. The first-order valence-corrected chi connectivity index (χ1v) is 7.01. The third kappa shape index (κ3) is 2.38. The molecule has 18 heavy (non-hydrogen) atoms. The predicted molar refractivity (Wildman–Crippen MR) is 73.5 cm³/mol. The van der Waals surface area contributed by atoms with Crippen LogP contribution in [0.25, 0.3) is 0 Å². The van der Waals surface area contributed by atoms with E-state index in [0.717, 1.165) is 18.1 Å². The lowest BCUT2D eigenvalue weighted by Crippen LogP contribution is -2.23. The quantitative estimate of drug-likeness (QED) is 0.726. The summed E-state index contributed by atoms with van der Waals surface area (Å²) in [5, 5.41) is 0. The zero-order chi connectivity index (χ0) is 12.4. The molecule has 0 aromatic rings. The molecule has 1 saturated carbocycles. The zero-order valence-corrected chi connectivity index (χ0v) is 10.6. The second-order valence-corrected chi connectivity index (χ2v) is 5.52. The highest BCUT2D eigenvalue weighted by Crippen LogP contribution is 2.34. The van der Waals surface area contributed by atoms with Gasteiger partial charge in [0.05, 0.1) is 5.71 Å². The second kappa shape index (κ2) is 5.05. The molecule has 1 amide bonds. The lowest BCUT2D eigenvalue weighted by Gasteiger charge is -2.27. The normalized spacial score (nSPS) is 27.8. The van der Waals surface area contributed by atoms with Crippen LogP contribution in [0.4, 0.5) is 0 Å². The second-order valence-electron chi connectivity index (χ2n) is 5.52. The van der Waals surface area contributed by atoms with E-state index in [1.54, 1.807) is 6.08 Å². The van der Waals surface area contributed by atoms with E-state index in [9.17, 15) is 4.79 Å². The van der Waals surface area contributed by atoms with Gasteiger partial charge in [-0.3, -0.25) is 4.79 Å². The van der Waals surface area contributed by atoms with Crippen molar-refractivity contribution in [2.75, 3.05) is 0 Å². The first-order valence-electron chi connectivity index (χ1n) is 7.01. The number of carbonyl (C=O) groups is 1. The molecule has 94 valence electrons. The van der Waals surface area contributed by atoms with Gasteiger partial charge in [0.2, 0.25) is 0 Å². The minimum Gasteiger partial charge on any atom is -0.267 e. The first kappa shape index (κ1) is 11.6. The van der Waals surface area contributed by atoms with Crippen molar-refractivity contribution in [1.29, 1.82) is 0 Å². The number of hydrogen-bond acceptors (Lipinski definition) is 1. The molecule has 0 spiro atoms. The molecular weight excluding hydrogens is 222 g/mol. The van der Waals surface area contributed by atoms with E-state index in [4.69, 9.17) is 0 Å². The van der Waals surface area contributed by atoms with Gasteiger partial charge in [-0.05, 0) is 18.4 Å². The van der Waals surface area contributed by atoms with Crippen LogP contribution in [-0.2, 0) is 4.79 Å². The molecule has 2 heteroatoms. The molecule has 0 bridgehead atoms. The largest absolute Gasteiger partial charge is 0.269 e. The minimum atomic E-state index is -0.0768. The molecule has 2 nitrogen and oxygen atoms in total. The molecular formula is C16H19NO. The molecule has 2 aliphatic carbocycles. The molecule has 1 aliphatic heterocycles. The molecule has 1 atom stereocenters. The average Bonchev–Trinajstić information content (AvgIpc) is 2.40. The Balaban J connectivity index is 1.76. The fourth-order valence-corrected chi connectivity index (χ4v) is 3.27. The highest BCUT2D eigenvalue weighted by Gasteiger charge is 2.26. The number of allylic oxidation sites excluding steroid dienone is 5. The number of nitrogens with zero attached hydrogens (tertiary/aromatic N) is 1. The van der Waals surface area contributed by atoms with Crippen LogP contribution in [0.5, 0.6) is 0 Å². The van der Waals surface area contributed by atoms with E-state index in [1.807, 2.05) is 12.2 Å². The number of hydrogen-bond donors (Lipinski definition) is 0. The summed E-state index contributed by atoms with van der Waals surface area (Å²) in [5.74, 6) is 0.957. The molecule has 0 aromatic carbocycles. The van der Waals surface area contributed by atoms with Crippen molar-refractivity contribution < 1.29 is 4.79 Å². The van der Waals surface area contributed by atoms with E-state index in [0.29, 0.717) is 0 Å². The summed E-state index contributed by atoms with van der Waals surface area (Å²) in [5.41, 5.74) is 2.20. The highest BCUT2D eigenvalue weighted by atomic mass is 16.1. The van der Waals surface area contributed by atoms with Gasteiger partial charge in [-0.2, -0.15) is 0 Å². The Kier molecular flexibility index (Phi) is 3.26. The third-order valence-corrected chi connectivity index (χ3v) is 4.20. The lowest BCUT2D eigenvalue weighted by molar-refractivity contribution is -0.113. The standard InChI is InChI=1S/C16H19NO/c18-16-11-13(10-12-6-2-1-3-7-12)14-8-4-5-9-15(14)17-16/h4-5,8-9,11-12,14H,1-3,6-7,10H2. The van der Waals surface area contributed by atoms with Crippen LogP contribution in [0, 0.1) is 11.8 Å². The Labute approximate surface area is 108 Å². The fourth-order valence-electron chi connectivity index (χ4n) is 3.27. The van der Waals surface area contributed by atoms with Crippen LogP contribution in [0.15, 0.2) is 40.9 Å². The van der Waals surface area contributed by atoms with Gasteiger partial charge in [0.25, 0.3) is 5.91 Å². The molecule has 0 aromatic heterocycles. The van der Waals surface area contributed by atoms with E-state index in [1.165, 1.54) is 37.7 Å². The maximum absolute atomic E-state index is 11.6. The van der Waals surface area contributed by atoms with Crippen molar-refractivity contribution in [2.45, 2.75) is 38.5 Å². The molecule has 0 N–H and O–H groups in total. The Hall–Kier alpha value is -1.44. The Morgan fingerprint density at radius 1 is 1.17 bits per heavy atom. The van der Waals surface area contributed by atoms with Crippen molar-refractivity contribution >= 4 is 11.6 Å². The van der Waals surface area contributed by atoms with Crippen molar-refractivity contribution in [3.8, 4) is 0 Å². The molecule has 3 rings (SSSR count). The fraction of sp³-hybridized carbons (Fsp3) is 0.500. The number of rotatable bonds is 2. The summed E-state index contributed by atoms with van der Waals surface area (Å²) in [4.78, 5) is 15.8. The molecule has 1 heterocycles. The number of fused-ring (bicyclic) bond motifs is 1. The van der Waals surface area contributed by atoms with Crippen LogP contribution < -0.4 is 0 Å². The maximum Gasteiger partial charge on any atom is 0.269 e. The summed E-state index contributed by atoms with van der Waals surface area (Å²) < 4.78 is 0. The van der Waals surface area contributed by atoms with Gasteiger partial charge in [-0.25, -0.2) is 4.99 Å². The third-order valence-electron chi connectivity index (χ3n) is 4.20. The summed E-state index contributed by atoms with van der Waals surface area (Å²) in [6.07, 6.45) is 17.7.